The Morgan fingerprint density at radius 1 is 1.78 bits per heavy atom. The standard InChI is InChI=1S/C5H10N3P/c1-5-6-3-8(7-5)4-9-2/h3,9H,4H2,1-2H3. The van der Waals surface area contributed by atoms with Crippen LogP contribution in [0.15, 0.2) is 6.33 Å². The second-order valence-corrected chi connectivity index (χ2v) is 2.87. The second-order valence-electron chi connectivity index (χ2n) is 1.84. The van der Waals surface area contributed by atoms with Crippen molar-refractivity contribution in [3.63, 3.8) is 0 Å². The fourth-order valence-electron chi connectivity index (χ4n) is 0.626. The van der Waals surface area contributed by atoms with Crippen LogP contribution in [0.1, 0.15) is 5.82 Å². The average molecular weight is 143 g/mol. The molecule has 1 heterocycles. The van der Waals surface area contributed by atoms with Gasteiger partial charge in [-0.05, 0) is 13.6 Å². The van der Waals surface area contributed by atoms with Crippen LogP contribution in [0.4, 0.5) is 0 Å². The van der Waals surface area contributed by atoms with Crippen molar-refractivity contribution in [2.75, 3.05) is 6.66 Å². The van der Waals surface area contributed by atoms with Crippen molar-refractivity contribution in [3.8, 4) is 0 Å². The number of hydrogen-bond donors (Lipinski definition) is 0. The Bertz CT molecular complexity index is 184. The van der Waals surface area contributed by atoms with Crippen molar-refractivity contribution in [1.29, 1.82) is 0 Å². The van der Waals surface area contributed by atoms with Gasteiger partial charge in [0.1, 0.15) is 12.2 Å². The van der Waals surface area contributed by atoms with Crippen LogP contribution in [0.25, 0.3) is 0 Å². The van der Waals surface area contributed by atoms with Gasteiger partial charge < -0.3 is 0 Å². The van der Waals surface area contributed by atoms with Gasteiger partial charge in [-0.2, -0.15) is 5.10 Å². The van der Waals surface area contributed by atoms with E-state index in [1.807, 2.05) is 11.6 Å². The van der Waals surface area contributed by atoms with Crippen molar-refractivity contribution in [2.24, 2.45) is 0 Å². The maximum atomic E-state index is 4.11. The zero-order valence-corrected chi connectivity index (χ0v) is 6.63. The van der Waals surface area contributed by atoms with E-state index in [1.165, 1.54) is 0 Å². The zero-order chi connectivity index (χ0) is 6.69. The summed E-state index contributed by atoms with van der Waals surface area (Å²) in [5, 5.41) is 4.11. The first-order valence-electron chi connectivity index (χ1n) is 2.83. The molecule has 1 rings (SSSR count). The van der Waals surface area contributed by atoms with E-state index >= 15 is 0 Å². The summed E-state index contributed by atoms with van der Waals surface area (Å²) < 4.78 is 1.87. The molecule has 0 aliphatic heterocycles. The molecule has 0 amide bonds. The molecule has 1 aromatic heterocycles. The summed E-state index contributed by atoms with van der Waals surface area (Å²) in [7, 11) is 0.909. The Morgan fingerprint density at radius 2 is 2.56 bits per heavy atom. The fraction of sp³-hybridized carbons (Fsp3) is 0.600. The maximum Gasteiger partial charge on any atom is 0.147 e. The molecule has 9 heavy (non-hydrogen) atoms. The molecule has 0 saturated carbocycles. The molecule has 0 fully saturated rings. The van der Waals surface area contributed by atoms with Crippen molar-refractivity contribution in [2.45, 2.75) is 13.2 Å². The molecule has 1 atom stereocenters. The maximum absolute atomic E-state index is 4.11. The molecule has 0 spiro atoms. The van der Waals surface area contributed by atoms with E-state index in [0.717, 1.165) is 20.7 Å². The normalized spacial score (nSPS) is 11.3. The van der Waals surface area contributed by atoms with Gasteiger partial charge in [0.2, 0.25) is 0 Å². The highest BCUT2D eigenvalue weighted by Gasteiger charge is 1.90. The lowest BCUT2D eigenvalue weighted by Crippen LogP contribution is -1.92. The van der Waals surface area contributed by atoms with Gasteiger partial charge in [-0.15, -0.1) is 8.58 Å². The van der Waals surface area contributed by atoms with E-state index < -0.39 is 0 Å². The molecule has 0 radical (unpaired) electrons. The van der Waals surface area contributed by atoms with Crippen LogP contribution < -0.4 is 0 Å². The summed E-state index contributed by atoms with van der Waals surface area (Å²) in [6, 6.07) is 0. The lowest BCUT2D eigenvalue weighted by molar-refractivity contribution is 0.737. The van der Waals surface area contributed by atoms with E-state index in [9.17, 15) is 0 Å². The molecule has 0 aliphatic carbocycles. The van der Waals surface area contributed by atoms with Crippen LogP contribution in [-0.2, 0) is 6.29 Å². The lowest BCUT2D eigenvalue weighted by Gasteiger charge is -1.92. The Morgan fingerprint density at radius 3 is 3.00 bits per heavy atom. The number of aryl methyl sites for hydroxylation is 1. The third-order valence-electron chi connectivity index (χ3n) is 0.971. The van der Waals surface area contributed by atoms with Crippen LogP contribution in [0.5, 0.6) is 0 Å². The molecule has 50 valence electrons. The molecule has 3 nitrogen and oxygen atoms in total. The van der Waals surface area contributed by atoms with Crippen LogP contribution in [0.2, 0.25) is 0 Å². The molecule has 0 N–H and O–H groups in total. The minimum atomic E-state index is 0.855. The highest BCUT2D eigenvalue weighted by Crippen LogP contribution is 2.04. The van der Waals surface area contributed by atoms with Gasteiger partial charge in [-0.25, -0.2) is 9.67 Å². The first-order valence-corrected chi connectivity index (χ1v) is 4.54. The Kier molecular flexibility index (Phi) is 2.17. The van der Waals surface area contributed by atoms with E-state index in [-0.39, 0.29) is 0 Å². The molecule has 1 aromatic rings. The van der Waals surface area contributed by atoms with Gasteiger partial charge in [0.25, 0.3) is 0 Å². The smallest absolute Gasteiger partial charge is 0.147 e. The highest BCUT2D eigenvalue weighted by molar-refractivity contribution is 7.35. The van der Waals surface area contributed by atoms with Gasteiger partial charge in [0.15, 0.2) is 0 Å². The number of aromatic nitrogens is 3. The first kappa shape index (κ1) is 6.69. The predicted molar refractivity (Wildman–Crippen MR) is 39.0 cm³/mol. The minimum Gasteiger partial charge on any atom is -0.249 e. The van der Waals surface area contributed by atoms with Crippen LogP contribution in [0.3, 0.4) is 0 Å². The van der Waals surface area contributed by atoms with E-state index in [4.69, 9.17) is 0 Å². The Hall–Kier alpha value is -0.430. The van der Waals surface area contributed by atoms with Crippen molar-refractivity contribution in [3.05, 3.63) is 12.2 Å². The molecule has 0 aromatic carbocycles. The van der Waals surface area contributed by atoms with Crippen molar-refractivity contribution >= 4 is 8.58 Å². The first-order chi connectivity index (χ1) is 4.33. The monoisotopic (exact) mass is 143 g/mol. The van der Waals surface area contributed by atoms with Gasteiger partial charge in [0, 0.05) is 0 Å². The van der Waals surface area contributed by atoms with Crippen LogP contribution in [-0.4, -0.2) is 21.4 Å². The predicted octanol–water partition coefficient (Wildman–Crippen LogP) is 0.852. The Labute approximate surface area is 56.3 Å². The Balaban J connectivity index is 2.61. The summed E-state index contributed by atoms with van der Waals surface area (Å²) in [6.07, 6.45) is 2.77. The third kappa shape index (κ3) is 1.75. The summed E-state index contributed by atoms with van der Waals surface area (Å²) in [4.78, 5) is 3.99. The van der Waals surface area contributed by atoms with Gasteiger partial charge >= 0.3 is 0 Å². The molecule has 1 unspecified atom stereocenters. The summed E-state index contributed by atoms with van der Waals surface area (Å²) in [5.41, 5.74) is 0. The lowest BCUT2D eigenvalue weighted by atomic mass is 10.8. The summed E-state index contributed by atoms with van der Waals surface area (Å²) in [5.74, 6) is 0.855. The number of rotatable bonds is 2. The SMILES string of the molecule is CPCn1cnc(C)n1. The van der Waals surface area contributed by atoms with Gasteiger partial charge in [-0.1, -0.05) is 0 Å². The largest absolute Gasteiger partial charge is 0.249 e. The van der Waals surface area contributed by atoms with E-state index in [2.05, 4.69) is 16.7 Å². The fourth-order valence-corrected chi connectivity index (χ4v) is 1.10. The molecular weight excluding hydrogens is 133 g/mol. The summed E-state index contributed by atoms with van der Waals surface area (Å²) in [6.45, 7) is 4.05. The number of hydrogen-bond acceptors (Lipinski definition) is 2. The molecule has 0 saturated heterocycles. The topological polar surface area (TPSA) is 30.7 Å². The van der Waals surface area contributed by atoms with Crippen molar-refractivity contribution < 1.29 is 0 Å². The molecule has 0 aliphatic rings. The molecular formula is C5H10N3P. The van der Waals surface area contributed by atoms with Crippen LogP contribution >= 0.6 is 8.58 Å². The highest BCUT2D eigenvalue weighted by atomic mass is 31.1. The van der Waals surface area contributed by atoms with Gasteiger partial charge in [0.05, 0.1) is 6.29 Å². The molecule has 4 heteroatoms. The van der Waals surface area contributed by atoms with E-state index in [0.29, 0.717) is 0 Å². The number of nitrogens with zero attached hydrogens (tertiary/aromatic N) is 3. The zero-order valence-electron chi connectivity index (χ0n) is 5.63. The van der Waals surface area contributed by atoms with Gasteiger partial charge in [-0.3, -0.25) is 0 Å². The summed E-state index contributed by atoms with van der Waals surface area (Å²) >= 11 is 0. The molecule has 0 bridgehead atoms. The minimum absolute atomic E-state index is 0.855. The average Bonchev–Trinajstić information content (AvgIpc) is 2.17. The quantitative estimate of drug-likeness (QED) is 0.574. The second kappa shape index (κ2) is 2.92. The van der Waals surface area contributed by atoms with E-state index in [1.54, 1.807) is 6.33 Å². The van der Waals surface area contributed by atoms with Crippen molar-refractivity contribution in [1.82, 2.24) is 14.8 Å². The van der Waals surface area contributed by atoms with Crippen LogP contribution in [0, 0.1) is 6.92 Å². The third-order valence-corrected chi connectivity index (χ3v) is 1.61.